The second kappa shape index (κ2) is 5.85. The summed E-state index contributed by atoms with van der Waals surface area (Å²) in [5, 5.41) is 7.97. The zero-order valence-electron chi connectivity index (χ0n) is 11.9. The molecule has 3 aromatic rings. The van der Waals surface area contributed by atoms with E-state index in [4.69, 9.17) is 17.3 Å². The summed E-state index contributed by atoms with van der Waals surface area (Å²) in [4.78, 5) is 8.13. The lowest BCUT2D eigenvalue weighted by Gasteiger charge is -2.09. The summed E-state index contributed by atoms with van der Waals surface area (Å²) in [6.45, 7) is 1.76. The smallest absolute Gasteiger partial charge is 0.240 e. The minimum atomic E-state index is -0.730. The zero-order chi connectivity index (χ0) is 16.6. The Morgan fingerprint density at radius 2 is 1.52 bits per heavy atom. The minimum Gasteiger partial charge on any atom is -0.366 e. The van der Waals surface area contributed by atoms with Crippen LogP contribution in [0.2, 0.25) is 5.15 Å². The lowest BCUT2D eigenvalue weighted by atomic mass is 10.0. The molecule has 0 spiro atoms. The second-order valence-corrected chi connectivity index (χ2v) is 5.23. The fourth-order valence-corrected chi connectivity index (χ4v) is 2.44. The summed E-state index contributed by atoms with van der Waals surface area (Å²) >= 11 is 5.96. The van der Waals surface area contributed by atoms with E-state index in [1.54, 1.807) is 19.1 Å². The van der Waals surface area contributed by atoms with Crippen LogP contribution in [0.3, 0.4) is 0 Å². The number of aromatic nitrogens is 4. The fraction of sp³-hybridized carbons (Fsp3) is 0.0667. The average molecular weight is 334 g/mol. The van der Waals surface area contributed by atoms with Crippen molar-refractivity contribution in [3.05, 3.63) is 52.8 Å². The molecule has 0 unspecified atom stereocenters. The number of hydrogen-bond donors (Lipinski definition) is 1. The summed E-state index contributed by atoms with van der Waals surface area (Å²) < 4.78 is 27.0. The number of nitrogens with two attached hydrogens (primary N) is 1. The number of pyridine rings is 1. The average Bonchev–Trinajstić information content (AvgIpc) is 2.45. The van der Waals surface area contributed by atoms with Gasteiger partial charge in [-0.15, -0.1) is 10.2 Å². The van der Waals surface area contributed by atoms with Gasteiger partial charge in [0, 0.05) is 22.9 Å². The second-order valence-electron chi connectivity index (χ2n) is 4.85. The van der Waals surface area contributed by atoms with Gasteiger partial charge in [0.05, 0.1) is 0 Å². The zero-order valence-corrected chi connectivity index (χ0v) is 12.6. The van der Waals surface area contributed by atoms with E-state index < -0.39 is 11.6 Å². The molecule has 23 heavy (non-hydrogen) atoms. The molecule has 0 radical (unpaired) electrons. The predicted octanol–water partition coefficient (Wildman–Crippen LogP) is 3.42. The highest BCUT2D eigenvalue weighted by Crippen LogP contribution is 2.31. The molecule has 3 rings (SSSR count). The molecule has 0 aliphatic rings. The van der Waals surface area contributed by atoms with Gasteiger partial charge in [0.2, 0.25) is 5.95 Å². The van der Waals surface area contributed by atoms with Gasteiger partial charge in [-0.25, -0.2) is 18.7 Å². The number of benzene rings is 1. The number of halogens is 3. The van der Waals surface area contributed by atoms with Crippen LogP contribution in [0.25, 0.3) is 22.5 Å². The maximum absolute atomic E-state index is 13.5. The molecular formula is C15H10ClF2N5. The Morgan fingerprint density at radius 3 is 2.17 bits per heavy atom. The van der Waals surface area contributed by atoms with E-state index in [1.807, 2.05) is 0 Å². The van der Waals surface area contributed by atoms with Gasteiger partial charge in [0.15, 0.2) is 0 Å². The van der Waals surface area contributed by atoms with Gasteiger partial charge in [-0.3, -0.25) is 0 Å². The van der Waals surface area contributed by atoms with E-state index in [1.165, 1.54) is 0 Å². The Bertz CT molecular complexity index is 861. The molecule has 0 aliphatic heterocycles. The molecule has 8 heteroatoms. The molecule has 0 saturated heterocycles. The molecule has 0 fully saturated rings. The van der Waals surface area contributed by atoms with Crippen molar-refractivity contribution in [1.29, 1.82) is 0 Å². The number of aryl methyl sites for hydroxylation is 1. The highest BCUT2D eigenvalue weighted by Gasteiger charge is 2.15. The molecule has 0 saturated carbocycles. The number of anilines is 1. The molecule has 0 atom stereocenters. The lowest BCUT2D eigenvalue weighted by Crippen LogP contribution is -2.03. The van der Waals surface area contributed by atoms with E-state index in [0.717, 1.165) is 18.2 Å². The van der Waals surface area contributed by atoms with Crippen molar-refractivity contribution >= 4 is 17.5 Å². The van der Waals surface area contributed by atoms with Crippen LogP contribution in [0.15, 0.2) is 30.3 Å². The monoisotopic (exact) mass is 333 g/mol. The van der Waals surface area contributed by atoms with Gasteiger partial charge in [-0.1, -0.05) is 11.6 Å². The molecule has 0 aliphatic carbocycles. The summed E-state index contributed by atoms with van der Waals surface area (Å²) in [6, 6.07) is 6.34. The number of hydrogen-bond acceptors (Lipinski definition) is 5. The van der Waals surface area contributed by atoms with Gasteiger partial charge < -0.3 is 5.73 Å². The summed E-state index contributed by atoms with van der Waals surface area (Å²) in [5.41, 5.74) is 7.50. The molecule has 1 aromatic carbocycles. The maximum atomic E-state index is 13.5. The topological polar surface area (TPSA) is 77.6 Å². The molecule has 0 bridgehead atoms. The lowest BCUT2D eigenvalue weighted by molar-refractivity contribution is 0.584. The largest absolute Gasteiger partial charge is 0.366 e. The summed E-state index contributed by atoms with van der Waals surface area (Å²) in [6.07, 6.45) is 0. The van der Waals surface area contributed by atoms with Gasteiger partial charge >= 0.3 is 0 Å². The van der Waals surface area contributed by atoms with Crippen molar-refractivity contribution in [2.45, 2.75) is 6.92 Å². The van der Waals surface area contributed by atoms with Crippen molar-refractivity contribution in [3.8, 4) is 22.5 Å². The highest BCUT2D eigenvalue weighted by molar-refractivity contribution is 6.29. The third-order valence-corrected chi connectivity index (χ3v) is 3.23. The standard InChI is InChI=1S/C15H10ClF2N5/c1-7-2-8(5-12(16)20-7)14-13(21-15(19)23-22-14)9-3-10(17)6-11(18)4-9/h2-6H,1H3,(H2,19,21,23). The SMILES string of the molecule is Cc1cc(-c2nnc(N)nc2-c2cc(F)cc(F)c2)cc(Cl)n1. The quantitative estimate of drug-likeness (QED) is 0.727. The van der Waals surface area contributed by atoms with E-state index >= 15 is 0 Å². The molecule has 2 N–H and O–H groups in total. The van der Waals surface area contributed by atoms with Crippen LogP contribution in [0, 0.1) is 18.6 Å². The number of nitrogen functional groups attached to an aromatic ring is 1. The normalized spacial score (nSPS) is 10.8. The number of rotatable bonds is 2. The van der Waals surface area contributed by atoms with Gasteiger partial charge in [-0.05, 0) is 31.2 Å². The van der Waals surface area contributed by atoms with Gasteiger partial charge in [-0.2, -0.15) is 0 Å². The predicted molar refractivity (Wildman–Crippen MR) is 82.6 cm³/mol. The van der Waals surface area contributed by atoms with E-state index in [-0.39, 0.29) is 22.4 Å². The van der Waals surface area contributed by atoms with Crippen molar-refractivity contribution < 1.29 is 8.78 Å². The fourth-order valence-electron chi connectivity index (χ4n) is 2.19. The molecule has 5 nitrogen and oxygen atoms in total. The van der Waals surface area contributed by atoms with Crippen molar-refractivity contribution in [2.24, 2.45) is 0 Å². The van der Waals surface area contributed by atoms with Crippen LogP contribution in [0.1, 0.15) is 5.69 Å². The van der Waals surface area contributed by atoms with E-state index in [0.29, 0.717) is 17.0 Å². The van der Waals surface area contributed by atoms with Crippen LogP contribution < -0.4 is 5.73 Å². The van der Waals surface area contributed by atoms with Crippen molar-refractivity contribution in [3.63, 3.8) is 0 Å². The Labute approximate surface area is 135 Å². The Hall–Kier alpha value is -2.67. The Morgan fingerprint density at radius 1 is 0.870 bits per heavy atom. The maximum Gasteiger partial charge on any atom is 0.240 e. The molecule has 2 aromatic heterocycles. The van der Waals surface area contributed by atoms with Crippen LogP contribution in [-0.2, 0) is 0 Å². The summed E-state index contributed by atoms with van der Waals surface area (Å²) in [7, 11) is 0. The van der Waals surface area contributed by atoms with Gasteiger partial charge in [0.1, 0.15) is 28.2 Å². The Balaban J connectivity index is 2.26. The van der Waals surface area contributed by atoms with Crippen molar-refractivity contribution in [1.82, 2.24) is 20.2 Å². The first-order valence-electron chi connectivity index (χ1n) is 6.53. The van der Waals surface area contributed by atoms with Crippen LogP contribution in [0.4, 0.5) is 14.7 Å². The molecule has 0 amide bonds. The third-order valence-electron chi connectivity index (χ3n) is 3.03. The molecule has 2 heterocycles. The van der Waals surface area contributed by atoms with Crippen LogP contribution in [0.5, 0.6) is 0 Å². The van der Waals surface area contributed by atoms with Crippen molar-refractivity contribution in [2.75, 3.05) is 5.73 Å². The number of nitrogens with zero attached hydrogens (tertiary/aromatic N) is 4. The van der Waals surface area contributed by atoms with Crippen LogP contribution in [-0.4, -0.2) is 20.2 Å². The first-order valence-corrected chi connectivity index (χ1v) is 6.91. The van der Waals surface area contributed by atoms with E-state index in [2.05, 4.69) is 20.2 Å². The van der Waals surface area contributed by atoms with Gasteiger partial charge in [0.25, 0.3) is 0 Å². The molecular weight excluding hydrogens is 324 g/mol. The third kappa shape index (κ3) is 3.24. The first-order chi connectivity index (χ1) is 10.9. The minimum absolute atomic E-state index is 0.106. The van der Waals surface area contributed by atoms with E-state index in [9.17, 15) is 8.78 Å². The Kier molecular flexibility index (Phi) is 3.87. The first kappa shape index (κ1) is 15.2. The molecule has 116 valence electrons. The highest BCUT2D eigenvalue weighted by atomic mass is 35.5. The van der Waals surface area contributed by atoms with Crippen LogP contribution >= 0.6 is 11.6 Å². The summed E-state index contributed by atoms with van der Waals surface area (Å²) in [5.74, 6) is -1.57.